The molecule has 0 saturated heterocycles. The van der Waals surface area contributed by atoms with Gasteiger partial charge in [-0.2, -0.15) is 0 Å². The molecule has 1 N–H and O–H groups in total. The van der Waals surface area contributed by atoms with E-state index in [2.05, 4.69) is 6.92 Å². The number of aryl methyl sites for hydroxylation is 1. The molecule has 0 radical (unpaired) electrons. The fourth-order valence-electron chi connectivity index (χ4n) is 1.74. The van der Waals surface area contributed by atoms with Crippen molar-refractivity contribution < 1.29 is 5.11 Å². The van der Waals surface area contributed by atoms with E-state index in [1.54, 1.807) is 0 Å². The molecule has 0 unspecified atom stereocenters. The lowest BCUT2D eigenvalue weighted by Gasteiger charge is -2.07. The first-order valence-electron chi connectivity index (χ1n) is 5.17. The van der Waals surface area contributed by atoms with E-state index in [1.807, 2.05) is 42.5 Å². The van der Waals surface area contributed by atoms with Gasteiger partial charge >= 0.3 is 0 Å². The first-order chi connectivity index (χ1) is 7.70. The van der Waals surface area contributed by atoms with Crippen LogP contribution in [0.25, 0.3) is 11.1 Å². The molecule has 0 aliphatic carbocycles. The maximum Gasteiger partial charge on any atom is 0.0682 e. The van der Waals surface area contributed by atoms with E-state index in [9.17, 15) is 0 Å². The van der Waals surface area contributed by atoms with Gasteiger partial charge in [0, 0.05) is 5.02 Å². The van der Waals surface area contributed by atoms with Crippen LogP contribution in [-0.4, -0.2) is 5.11 Å². The Kier molecular flexibility index (Phi) is 3.28. The van der Waals surface area contributed by atoms with Gasteiger partial charge < -0.3 is 5.11 Å². The van der Waals surface area contributed by atoms with Crippen molar-refractivity contribution >= 4 is 11.6 Å². The fraction of sp³-hybridized carbons (Fsp3) is 0.143. The molecule has 0 aliphatic heterocycles. The number of hydrogen-bond acceptors (Lipinski definition) is 1. The third-order valence-electron chi connectivity index (χ3n) is 2.62. The van der Waals surface area contributed by atoms with Gasteiger partial charge in [-0.25, -0.2) is 0 Å². The smallest absolute Gasteiger partial charge is 0.0682 e. The molecule has 0 aromatic heterocycles. The minimum Gasteiger partial charge on any atom is -0.392 e. The average Bonchev–Trinajstić information content (AvgIpc) is 2.32. The molecule has 2 aromatic rings. The van der Waals surface area contributed by atoms with Crippen molar-refractivity contribution in [3.05, 3.63) is 58.6 Å². The number of halogens is 1. The molecule has 2 heteroatoms. The van der Waals surface area contributed by atoms with Gasteiger partial charge in [-0.1, -0.05) is 35.9 Å². The zero-order valence-electron chi connectivity index (χ0n) is 9.07. The summed E-state index contributed by atoms with van der Waals surface area (Å²) >= 11 is 5.99. The van der Waals surface area contributed by atoms with E-state index in [-0.39, 0.29) is 6.61 Å². The summed E-state index contributed by atoms with van der Waals surface area (Å²) in [7, 11) is 0. The van der Waals surface area contributed by atoms with E-state index in [4.69, 9.17) is 16.7 Å². The maximum atomic E-state index is 9.11. The molecule has 82 valence electrons. The maximum absolute atomic E-state index is 9.11. The Bertz CT molecular complexity index is 506. The number of rotatable bonds is 2. The zero-order valence-corrected chi connectivity index (χ0v) is 9.83. The van der Waals surface area contributed by atoms with Gasteiger partial charge in [-0.3, -0.25) is 0 Å². The number of aliphatic hydroxyl groups is 1. The van der Waals surface area contributed by atoms with Crippen LogP contribution in [0.1, 0.15) is 11.1 Å². The summed E-state index contributed by atoms with van der Waals surface area (Å²) in [5.41, 5.74) is 4.30. The first-order valence-corrected chi connectivity index (χ1v) is 5.55. The lowest BCUT2D eigenvalue weighted by atomic mass is 9.99. The van der Waals surface area contributed by atoms with Crippen LogP contribution in [0.4, 0.5) is 0 Å². The quantitative estimate of drug-likeness (QED) is 0.835. The third-order valence-corrected chi connectivity index (χ3v) is 2.86. The molecular weight excluding hydrogens is 220 g/mol. The van der Waals surface area contributed by atoms with Gasteiger partial charge in [-0.15, -0.1) is 0 Å². The van der Waals surface area contributed by atoms with E-state index in [1.165, 1.54) is 5.56 Å². The molecule has 0 spiro atoms. The van der Waals surface area contributed by atoms with Gasteiger partial charge in [0.15, 0.2) is 0 Å². The number of benzene rings is 2. The highest BCUT2D eigenvalue weighted by atomic mass is 35.5. The highest BCUT2D eigenvalue weighted by Gasteiger charge is 2.03. The van der Waals surface area contributed by atoms with Crippen molar-refractivity contribution in [3.8, 4) is 11.1 Å². The van der Waals surface area contributed by atoms with Crippen LogP contribution in [0, 0.1) is 6.92 Å². The molecule has 0 atom stereocenters. The molecule has 0 saturated carbocycles. The highest BCUT2D eigenvalue weighted by molar-refractivity contribution is 6.30. The Balaban J connectivity index is 2.53. The van der Waals surface area contributed by atoms with Crippen molar-refractivity contribution in [1.82, 2.24) is 0 Å². The third kappa shape index (κ3) is 2.26. The predicted octanol–water partition coefficient (Wildman–Crippen LogP) is 3.81. The molecular formula is C14H13ClO. The Morgan fingerprint density at radius 2 is 1.94 bits per heavy atom. The van der Waals surface area contributed by atoms with Crippen LogP contribution in [0.15, 0.2) is 42.5 Å². The lowest BCUT2D eigenvalue weighted by molar-refractivity contribution is 0.282. The fourth-order valence-corrected chi connectivity index (χ4v) is 1.91. The van der Waals surface area contributed by atoms with Crippen molar-refractivity contribution in [1.29, 1.82) is 0 Å². The molecule has 2 aromatic carbocycles. The van der Waals surface area contributed by atoms with Crippen molar-refractivity contribution in [2.24, 2.45) is 0 Å². The molecule has 0 amide bonds. The van der Waals surface area contributed by atoms with Crippen LogP contribution >= 0.6 is 11.6 Å². The van der Waals surface area contributed by atoms with Gasteiger partial charge in [-0.05, 0) is 47.4 Å². The molecule has 16 heavy (non-hydrogen) atoms. The van der Waals surface area contributed by atoms with E-state index in [0.29, 0.717) is 0 Å². The SMILES string of the molecule is Cc1ccc(Cl)cc1-c1cccc(CO)c1. The minimum absolute atomic E-state index is 0.0629. The van der Waals surface area contributed by atoms with E-state index in [0.717, 1.165) is 21.7 Å². The minimum atomic E-state index is 0.0629. The van der Waals surface area contributed by atoms with Crippen LogP contribution in [0.5, 0.6) is 0 Å². The van der Waals surface area contributed by atoms with E-state index < -0.39 is 0 Å². The van der Waals surface area contributed by atoms with Crippen LogP contribution < -0.4 is 0 Å². The second-order valence-corrected chi connectivity index (χ2v) is 4.25. The van der Waals surface area contributed by atoms with Gasteiger partial charge in [0.25, 0.3) is 0 Å². The molecule has 0 aliphatic rings. The Hall–Kier alpha value is -1.31. The predicted molar refractivity (Wildman–Crippen MR) is 67.5 cm³/mol. The van der Waals surface area contributed by atoms with Crippen LogP contribution in [-0.2, 0) is 6.61 Å². The second-order valence-electron chi connectivity index (χ2n) is 3.82. The Morgan fingerprint density at radius 3 is 2.69 bits per heavy atom. The Labute approximate surface area is 100 Å². The largest absolute Gasteiger partial charge is 0.392 e. The number of aliphatic hydroxyl groups excluding tert-OH is 1. The zero-order chi connectivity index (χ0) is 11.5. The van der Waals surface area contributed by atoms with Gasteiger partial charge in [0.1, 0.15) is 0 Å². The molecule has 0 heterocycles. The average molecular weight is 233 g/mol. The van der Waals surface area contributed by atoms with Crippen LogP contribution in [0.2, 0.25) is 5.02 Å². The van der Waals surface area contributed by atoms with Crippen molar-refractivity contribution in [3.63, 3.8) is 0 Å². The second kappa shape index (κ2) is 4.69. The number of hydrogen-bond donors (Lipinski definition) is 1. The van der Waals surface area contributed by atoms with Crippen molar-refractivity contribution in [2.45, 2.75) is 13.5 Å². The van der Waals surface area contributed by atoms with Crippen molar-refractivity contribution in [2.75, 3.05) is 0 Å². The summed E-state index contributed by atoms with van der Waals surface area (Å²) in [5, 5.41) is 9.84. The summed E-state index contributed by atoms with van der Waals surface area (Å²) in [5.74, 6) is 0. The van der Waals surface area contributed by atoms with Gasteiger partial charge in [0.05, 0.1) is 6.61 Å². The molecule has 2 rings (SSSR count). The summed E-state index contributed by atoms with van der Waals surface area (Å²) in [6.45, 7) is 2.12. The standard InChI is InChI=1S/C14H13ClO/c1-10-5-6-13(15)8-14(10)12-4-2-3-11(7-12)9-16/h2-8,16H,9H2,1H3. The summed E-state index contributed by atoms with van der Waals surface area (Å²) < 4.78 is 0. The summed E-state index contributed by atoms with van der Waals surface area (Å²) in [6.07, 6.45) is 0. The molecule has 0 bridgehead atoms. The molecule has 0 fully saturated rings. The van der Waals surface area contributed by atoms with Gasteiger partial charge in [0.2, 0.25) is 0 Å². The van der Waals surface area contributed by atoms with Crippen LogP contribution in [0.3, 0.4) is 0 Å². The summed E-state index contributed by atoms with van der Waals surface area (Å²) in [6, 6.07) is 13.7. The first kappa shape index (κ1) is 11.2. The molecule has 1 nitrogen and oxygen atoms in total. The highest BCUT2D eigenvalue weighted by Crippen LogP contribution is 2.27. The normalized spacial score (nSPS) is 10.4. The Morgan fingerprint density at radius 1 is 1.12 bits per heavy atom. The lowest BCUT2D eigenvalue weighted by Crippen LogP contribution is -1.87. The summed E-state index contributed by atoms with van der Waals surface area (Å²) in [4.78, 5) is 0. The topological polar surface area (TPSA) is 20.2 Å². The monoisotopic (exact) mass is 232 g/mol. The van der Waals surface area contributed by atoms with E-state index >= 15 is 0 Å².